The first-order chi connectivity index (χ1) is 7.24. The Morgan fingerprint density at radius 3 is 2.87 bits per heavy atom. The number of benzene rings is 1. The maximum absolute atomic E-state index is 13.3. The standard InChI is InChI=1S/C12H17BrFN/c1-2-15-8-4-3-5-10-9-11(13)6-7-12(10)14/h6-7,9,15H,2-5,8H2,1H3. The van der Waals surface area contributed by atoms with Gasteiger partial charge in [0.15, 0.2) is 0 Å². The molecule has 0 saturated carbocycles. The lowest BCUT2D eigenvalue weighted by molar-refractivity contribution is 0.591. The molecule has 0 aromatic heterocycles. The first-order valence-electron chi connectivity index (χ1n) is 5.38. The summed E-state index contributed by atoms with van der Waals surface area (Å²) in [6.45, 7) is 4.12. The molecule has 0 heterocycles. The predicted octanol–water partition coefficient (Wildman–Crippen LogP) is 3.52. The van der Waals surface area contributed by atoms with Crippen LogP contribution >= 0.6 is 15.9 Å². The van der Waals surface area contributed by atoms with Crippen LogP contribution in [-0.2, 0) is 6.42 Å². The molecule has 1 aromatic rings. The van der Waals surface area contributed by atoms with Gasteiger partial charge >= 0.3 is 0 Å². The zero-order valence-electron chi connectivity index (χ0n) is 9.02. The summed E-state index contributed by atoms with van der Waals surface area (Å²) >= 11 is 3.35. The molecule has 1 nitrogen and oxygen atoms in total. The van der Waals surface area contributed by atoms with Gasteiger partial charge in [-0.2, -0.15) is 0 Å². The Labute approximate surface area is 99.2 Å². The van der Waals surface area contributed by atoms with Crippen LogP contribution in [0.2, 0.25) is 0 Å². The van der Waals surface area contributed by atoms with E-state index in [1.807, 2.05) is 6.07 Å². The van der Waals surface area contributed by atoms with Crippen LogP contribution in [0, 0.1) is 5.82 Å². The Morgan fingerprint density at radius 1 is 1.33 bits per heavy atom. The summed E-state index contributed by atoms with van der Waals surface area (Å²) in [6, 6.07) is 5.11. The number of halogens is 2. The zero-order valence-corrected chi connectivity index (χ0v) is 10.6. The molecule has 0 unspecified atom stereocenters. The molecule has 0 spiro atoms. The van der Waals surface area contributed by atoms with E-state index in [0.29, 0.717) is 0 Å². The van der Waals surface area contributed by atoms with Gasteiger partial charge in [0.1, 0.15) is 5.82 Å². The fourth-order valence-corrected chi connectivity index (χ4v) is 1.89. The molecule has 15 heavy (non-hydrogen) atoms. The molecule has 0 bridgehead atoms. The second-order valence-electron chi connectivity index (χ2n) is 3.55. The highest BCUT2D eigenvalue weighted by molar-refractivity contribution is 9.10. The van der Waals surface area contributed by atoms with Crippen LogP contribution in [0.1, 0.15) is 25.3 Å². The van der Waals surface area contributed by atoms with E-state index in [0.717, 1.165) is 42.4 Å². The van der Waals surface area contributed by atoms with Crippen molar-refractivity contribution < 1.29 is 4.39 Å². The Bertz CT molecular complexity index is 302. The van der Waals surface area contributed by atoms with Crippen molar-refractivity contribution >= 4 is 15.9 Å². The number of nitrogens with one attached hydrogen (secondary N) is 1. The minimum absolute atomic E-state index is 0.0957. The topological polar surface area (TPSA) is 12.0 Å². The van der Waals surface area contributed by atoms with E-state index in [2.05, 4.69) is 28.2 Å². The van der Waals surface area contributed by atoms with Gasteiger partial charge in [-0.3, -0.25) is 0 Å². The van der Waals surface area contributed by atoms with Crippen molar-refractivity contribution in [3.8, 4) is 0 Å². The van der Waals surface area contributed by atoms with E-state index in [-0.39, 0.29) is 5.82 Å². The van der Waals surface area contributed by atoms with Crippen LogP contribution in [0.15, 0.2) is 22.7 Å². The van der Waals surface area contributed by atoms with Gasteiger partial charge in [-0.05, 0) is 56.1 Å². The molecular formula is C12H17BrFN. The highest BCUT2D eigenvalue weighted by atomic mass is 79.9. The molecule has 0 aliphatic rings. The van der Waals surface area contributed by atoms with E-state index in [4.69, 9.17) is 0 Å². The lowest BCUT2D eigenvalue weighted by Gasteiger charge is -2.04. The number of hydrogen-bond donors (Lipinski definition) is 1. The van der Waals surface area contributed by atoms with Crippen molar-refractivity contribution in [2.45, 2.75) is 26.2 Å². The minimum Gasteiger partial charge on any atom is -0.317 e. The lowest BCUT2D eigenvalue weighted by atomic mass is 10.1. The molecule has 0 radical (unpaired) electrons. The summed E-state index contributed by atoms with van der Waals surface area (Å²) in [5, 5.41) is 3.26. The van der Waals surface area contributed by atoms with Crippen LogP contribution < -0.4 is 5.32 Å². The number of hydrogen-bond acceptors (Lipinski definition) is 1. The number of unbranched alkanes of at least 4 members (excludes halogenated alkanes) is 1. The average molecular weight is 274 g/mol. The average Bonchev–Trinajstić information content (AvgIpc) is 2.23. The van der Waals surface area contributed by atoms with Gasteiger partial charge < -0.3 is 5.32 Å². The molecule has 1 N–H and O–H groups in total. The number of aryl methyl sites for hydroxylation is 1. The van der Waals surface area contributed by atoms with Crippen LogP contribution in [-0.4, -0.2) is 13.1 Å². The summed E-state index contributed by atoms with van der Waals surface area (Å²) in [4.78, 5) is 0. The van der Waals surface area contributed by atoms with E-state index >= 15 is 0 Å². The van der Waals surface area contributed by atoms with Gasteiger partial charge in [0, 0.05) is 4.47 Å². The van der Waals surface area contributed by atoms with Crippen LogP contribution in [0.3, 0.4) is 0 Å². The Kier molecular flexibility index (Phi) is 5.88. The first kappa shape index (κ1) is 12.7. The second-order valence-corrected chi connectivity index (χ2v) is 4.46. The van der Waals surface area contributed by atoms with Crippen molar-refractivity contribution in [3.05, 3.63) is 34.1 Å². The third kappa shape index (κ3) is 4.76. The van der Waals surface area contributed by atoms with Gasteiger partial charge in [-0.25, -0.2) is 4.39 Å². The Balaban J connectivity index is 2.33. The van der Waals surface area contributed by atoms with Gasteiger partial charge in [0.05, 0.1) is 0 Å². The van der Waals surface area contributed by atoms with E-state index in [9.17, 15) is 4.39 Å². The van der Waals surface area contributed by atoms with Crippen LogP contribution in [0.25, 0.3) is 0 Å². The van der Waals surface area contributed by atoms with Gasteiger partial charge in [-0.15, -0.1) is 0 Å². The van der Waals surface area contributed by atoms with Crippen LogP contribution in [0.4, 0.5) is 4.39 Å². The zero-order chi connectivity index (χ0) is 11.1. The Morgan fingerprint density at radius 2 is 2.13 bits per heavy atom. The largest absolute Gasteiger partial charge is 0.317 e. The maximum atomic E-state index is 13.3. The maximum Gasteiger partial charge on any atom is 0.126 e. The summed E-state index contributed by atoms with van der Waals surface area (Å²) < 4.78 is 14.3. The quantitative estimate of drug-likeness (QED) is 0.783. The summed E-state index contributed by atoms with van der Waals surface area (Å²) in [6.07, 6.45) is 2.94. The number of rotatable bonds is 6. The van der Waals surface area contributed by atoms with Crippen molar-refractivity contribution in [3.63, 3.8) is 0 Å². The summed E-state index contributed by atoms with van der Waals surface area (Å²) in [5.41, 5.74) is 0.806. The fraction of sp³-hybridized carbons (Fsp3) is 0.500. The SMILES string of the molecule is CCNCCCCc1cc(Br)ccc1F. The van der Waals surface area contributed by atoms with E-state index in [1.54, 1.807) is 6.07 Å². The van der Waals surface area contributed by atoms with Crippen molar-refractivity contribution in [1.29, 1.82) is 0 Å². The van der Waals surface area contributed by atoms with Crippen molar-refractivity contribution in [2.75, 3.05) is 13.1 Å². The smallest absolute Gasteiger partial charge is 0.126 e. The fourth-order valence-electron chi connectivity index (χ4n) is 1.48. The molecule has 0 amide bonds. The lowest BCUT2D eigenvalue weighted by Crippen LogP contribution is -2.14. The molecule has 1 aromatic carbocycles. The van der Waals surface area contributed by atoms with E-state index < -0.39 is 0 Å². The van der Waals surface area contributed by atoms with E-state index in [1.165, 1.54) is 6.07 Å². The molecule has 0 fully saturated rings. The molecule has 0 saturated heterocycles. The minimum atomic E-state index is -0.0957. The monoisotopic (exact) mass is 273 g/mol. The van der Waals surface area contributed by atoms with Crippen LogP contribution in [0.5, 0.6) is 0 Å². The van der Waals surface area contributed by atoms with Gasteiger partial charge in [0.2, 0.25) is 0 Å². The van der Waals surface area contributed by atoms with Crippen molar-refractivity contribution in [2.24, 2.45) is 0 Å². The van der Waals surface area contributed by atoms with Gasteiger partial charge in [0.25, 0.3) is 0 Å². The first-order valence-corrected chi connectivity index (χ1v) is 6.18. The third-order valence-corrected chi connectivity index (χ3v) is 2.80. The Hall–Kier alpha value is -0.410. The normalized spacial score (nSPS) is 10.6. The predicted molar refractivity (Wildman–Crippen MR) is 65.6 cm³/mol. The highest BCUT2D eigenvalue weighted by Gasteiger charge is 2.02. The highest BCUT2D eigenvalue weighted by Crippen LogP contribution is 2.17. The molecule has 3 heteroatoms. The van der Waals surface area contributed by atoms with Gasteiger partial charge in [-0.1, -0.05) is 22.9 Å². The summed E-state index contributed by atoms with van der Waals surface area (Å²) in [7, 11) is 0. The molecule has 0 aliphatic carbocycles. The van der Waals surface area contributed by atoms with Crippen molar-refractivity contribution in [1.82, 2.24) is 5.32 Å². The molecular weight excluding hydrogens is 257 g/mol. The second kappa shape index (κ2) is 6.96. The summed E-state index contributed by atoms with van der Waals surface area (Å²) in [5.74, 6) is -0.0957. The molecule has 0 atom stereocenters. The molecule has 1 rings (SSSR count). The third-order valence-electron chi connectivity index (χ3n) is 2.31. The molecule has 84 valence electrons. The molecule has 0 aliphatic heterocycles.